The van der Waals surface area contributed by atoms with E-state index in [-0.39, 0.29) is 12.1 Å². The van der Waals surface area contributed by atoms with Crippen molar-refractivity contribution in [3.8, 4) is 0 Å². The van der Waals surface area contributed by atoms with E-state index in [2.05, 4.69) is 11.7 Å². The molecule has 0 atom stereocenters. The van der Waals surface area contributed by atoms with Gasteiger partial charge in [0.2, 0.25) is 0 Å². The Morgan fingerprint density at radius 1 is 0.955 bits per heavy atom. The smallest absolute Gasteiger partial charge is 0.341 e. The third-order valence-electron chi connectivity index (χ3n) is 3.47. The summed E-state index contributed by atoms with van der Waals surface area (Å²) in [5.41, 5.74) is 0.704. The van der Waals surface area contributed by atoms with Crippen molar-refractivity contribution in [1.82, 2.24) is 0 Å². The van der Waals surface area contributed by atoms with E-state index in [0.717, 1.165) is 12.8 Å². The van der Waals surface area contributed by atoms with E-state index in [1.807, 2.05) is 0 Å². The lowest BCUT2D eigenvalue weighted by Gasteiger charge is -2.05. The molecular weight excluding hydrogens is 303 g/mol. The number of carbonyl (C=O) groups excluding carboxylic acids is 1. The highest BCUT2D eigenvalue weighted by atomic mass is 31.2. The van der Waals surface area contributed by atoms with Crippen LogP contribution in [0.1, 0.15) is 78.1 Å². The van der Waals surface area contributed by atoms with Gasteiger partial charge in [0, 0.05) is 6.16 Å². The van der Waals surface area contributed by atoms with Crippen molar-refractivity contribution in [2.24, 2.45) is 0 Å². The highest BCUT2D eigenvalue weighted by molar-refractivity contribution is 7.51. The molecule has 0 spiro atoms. The minimum absolute atomic E-state index is 0.0590. The number of esters is 1. The van der Waals surface area contributed by atoms with Crippen LogP contribution in [0.5, 0.6) is 0 Å². The van der Waals surface area contributed by atoms with E-state index in [9.17, 15) is 9.36 Å². The summed E-state index contributed by atoms with van der Waals surface area (Å²) in [5, 5.41) is 0. The Balaban J connectivity index is 0.000000604. The quantitative estimate of drug-likeness (QED) is 0.329. The zero-order chi connectivity index (χ0) is 16.8. The standard InChI is InChI=1S/C12H27O3P.C4H4O2/c1-2-3-4-5-6-7-8-9-10-11-12-16(13,14)15;1-3-2-6-4(3)5/h2-12H2,1H3,(H2,13,14,15);2H,1H3. The van der Waals surface area contributed by atoms with Crippen LogP contribution in [0.25, 0.3) is 0 Å². The first kappa shape index (κ1) is 21.4. The number of ether oxygens (including phenoxy) is 1. The zero-order valence-corrected chi connectivity index (χ0v) is 14.8. The first-order valence-corrected chi connectivity index (χ1v) is 10.1. The summed E-state index contributed by atoms with van der Waals surface area (Å²) in [7, 11) is -3.74. The van der Waals surface area contributed by atoms with Crippen molar-refractivity contribution in [2.45, 2.75) is 78.1 Å². The number of rotatable bonds is 11. The van der Waals surface area contributed by atoms with Crippen LogP contribution in [0.15, 0.2) is 11.8 Å². The molecule has 0 amide bonds. The molecule has 0 unspecified atom stereocenters. The van der Waals surface area contributed by atoms with Crippen LogP contribution in [-0.2, 0) is 14.1 Å². The largest absolute Gasteiger partial charge is 0.430 e. The SMILES string of the molecule is CC1=COC1=O.CCCCCCCCCCCCP(=O)(O)O. The molecule has 130 valence electrons. The lowest BCUT2D eigenvalue weighted by atomic mass is 10.1. The molecule has 0 fully saturated rings. The average molecular weight is 334 g/mol. The first-order valence-electron chi connectivity index (χ1n) is 8.29. The highest BCUT2D eigenvalue weighted by Gasteiger charge is 2.12. The van der Waals surface area contributed by atoms with E-state index in [4.69, 9.17) is 9.79 Å². The normalized spacial score (nSPS) is 13.6. The van der Waals surface area contributed by atoms with Gasteiger partial charge in [-0.2, -0.15) is 0 Å². The number of hydrogen-bond acceptors (Lipinski definition) is 3. The molecule has 0 aromatic rings. The van der Waals surface area contributed by atoms with Gasteiger partial charge in [-0.05, 0) is 13.3 Å². The van der Waals surface area contributed by atoms with E-state index in [0.29, 0.717) is 12.0 Å². The van der Waals surface area contributed by atoms with Gasteiger partial charge in [-0.3, -0.25) is 4.57 Å². The number of hydrogen-bond donors (Lipinski definition) is 2. The van der Waals surface area contributed by atoms with E-state index < -0.39 is 7.60 Å². The van der Waals surface area contributed by atoms with Crippen molar-refractivity contribution in [3.63, 3.8) is 0 Å². The number of cyclic esters (lactones) is 1. The van der Waals surface area contributed by atoms with Crippen LogP contribution in [-0.4, -0.2) is 21.9 Å². The maximum atomic E-state index is 10.6. The van der Waals surface area contributed by atoms with Crippen molar-refractivity contribution in [3.05, 3.63) is 11.8 Å². The molecule has 2 N–H and O–H groups in total. The van der Waals surface area contributed by atoms with Gasteiger partial charge in [-0.15, -0.1) is 0 Å². The lowest BCUT2D eigenvalue weighted by Crippen LogP contribution is -2.10. The Morgan fingerprint density at radius 2 is 1.36 bits per heavy atom. The molecule has 6 heteroatoms. The molecule has 1 aliphatic heterocycles. The van der Waals surface area contributed by atoms with Crippen LogP contribution >= 0.6 is 7.60 Å². The van der Waals surface area contributed by atoms with Gasteiger partial charge in [0.25, 0.3) is 0 Å². The Kier molecular flexibility index (Phi) is 12.5. The van der Waals surface area contributed by atoms with Gasteiger partial charge < -0.3 is 14.5 Å². The van der Waals surface area contributed by atoms with Gasteiger partial charge in [0.15, 0.2) is 0 Å². The van der Waals surface area contributed by atoms with E-state index in [1.165, 1.54) is 51.2 Å². The Bertz CT molecular complexity index is 373. The summed E-state index contributed by atoms with van der Waals surface area (Å²) >= 11 is 0. The van der Waals surface area contributed by atoms with Gasteiger partial charge in [-0.1, -0.05) is 64.7 Å². The number of unbranched alkanes of at least 4 members (excludes halogenated alkanes) is 9. The van der Waals surface area contributed by atoms with Crippen molar-refractivity contribution in [1.29, 1.82) is 0 Å². The fourth-order valence-corrected chi connectivity index (χ4v) is 2.67. The summed E-state index contributed by atoms with van der Waals surface area (Å²) in [4.78, 5) is 27.2. The summed E-state index contributed by atoms with van der Waals surface area (Å²) in [6.07, 6.45) is 13.4. The average Bonchev–Trinajstić information content (AvgIpc) is 2.47. The second-order valence-electron chi connectivity index (χ2n) is 5.78. The molecule has 0 aliphatic carbocycles. The Labute approximate surface area is 134 Å². The lowest BCUT2D eigenvalue weighted by molar-refractivity contribution is -0.138. The third kappa shape index (κ3) is 14.3. The summed E-state index contributed by atoms with van der Waals surface area (Å²) < 4.78 is 14.8. The molecule has 1 heterocycles. The van der Waals surface area contributed by atoms with Gasteiger partial charge >= 0.3 is 13.6 Å². The summed E-state index contributed by atoms with van der Waals surface area (Å²) in [6.45, 7) is 3.94. The molecule has 1 rings (SSSR count). The Morgan fingerprint density at radius 3 is 1.64 bits per heavy atom. The van der Waals surface area contributed by atoms with Gasteiger partial charge in [0.05, 0.1) is 5.57 Å². The monoisotopic (exact) mass is 334 g/mol. The third-order valence-corrected chi connectivity index (χ3v) is 4.37. The molecule has 5 nitrogen and oxygen atoms in total. The molecule has 0 radical (unpaired) electrons. The van der Waals surface area contributed by atoms with E-state index in [1.54, 1.807) is 6.92 Å². The predicted octanol–water partition coefficient (Wildman–Crippen LogP) is 4.53. The maximum Gasteiger partial charge on any atom is 0.341 e. The Hall–Kier alpha value is -0.640. The minimum Gasteiger partial charge on any atom is -0.430 e. The van der Waals surface area contributed by atoms with Crippen molar-refractivity contribution in [2.75, 3.05) is 6.16 Å². The van der Waals surface area contributed by atoms with Crippen LogP contribution in [0.4, 0.5) is 0 Å². The molecule has 0 saturated heterocycles. The second-order valence-corrected chi connectivity index (χ2v) is 7.55. The van der Waals surface area contributed by atoms with Gasteiger partial charge in [-0.25, -0.2) is 4.79 Å². The molecule has 22 heavy (non-hydrogen) atoms. The zero-order valence-electron chi connectivity index (χ0n) is 13.9. The molecule has 0 aromatic heterocycles. The van der Waals surface area contributed by atoms with Crippen LogP contribution in [0, 0.1) is 0 Å². The number of carbonyl (C=O) groups is 1. The summed E-state index contributed by atoms with van der Waals surface area (Å²) in [5.74, 6) is -0.199. The van der Waals surface area contributed by atoms with Crippen LogP contribution < -0.4 is 0 Å². The topological polar surface area (TPSA) is 83.8 Å². The minimum atomic E-state index is -3.74. The van der Waals surface area contributed by atoms with Crippen LogP contribution in [0.2, 0.25) is 0 Å². The van der Waals surface area contributed by atoms with Gasteiger partial charge in [0.1, 0.15) is 6.26 Å². The van der Waals surface area contributed by atoms with Crippen molar-refractivity contribution >= 4 is 13.6 Å². The predicted molar refractivity (Wildman–Crippen MR) is 88.6 cm³/mol. The fraction of sp³-hybridized carbons (Fsp3) is 0.812. The first-order chi connectivity index (χ1) is 10.4. The van der Waals surface area contributed by atoms with E-state index >= 15 is 0 Å². The van der Waals surface area contributed by atoms with Crippen LogP contribution in [0.3, 0.4) is 0 Å². The van der Waals surface area contributed by atoms with Crippen molar-refractivity contribution < 1.29 is 23.9 Å². The molecule has 1 aliphatic rings. The summed E-state index contributed by atoms with van der Waals surface area (Å²) in [6, 6.07) is 0. The highest BCUT2D eigenvalue weighted by Crippen LogP contribution is 2.35. The second kappa shape index (κ2) is 12.9. The molecule has 0 aromatic carbocycles. The molecule has 0 bridgehead atoms. The molecule has 0 saturated carbocycles. The maximum absolute atomic E-state index is 10.6. The fourth-order valence-electron chi connectivity index (χ4n) is 2.03. The molecular formula is C16H31O5P.